The fourth-order valence-corrected chi connectivity index (χ4v) is 6.92. The molecule has 0 fully saturated rings. The second-order valence-corrected chi connectivity index (χ2v) is 12.6. The largest absolute Gasteiger partial charge is 0.456 e. The summed E-state index contributed by atoms with van der Waals surface area (Å²) in [4.78, 5) is 2.32. The monoisotopic (exact) mass is 639 g/mol. The van der Waals surface area contributed by atoms with E-state index in [1.807, 2.05) is 12.1 Å². The van der Waals surface area contributed by atoms with Crippen molar-refractivity contribution in [2.45, 2.75) is 0 Å². The highest BCUT2D eigenvalue weighted by atomic mass is 16.3. The molecule has 0 aliphatic rings. The normalized spacial score (nSPS) is 11.2. The molecule has 0 spiro atoms. The molecule has 0 unspecified atom stereocenters. The summed E-state index contributed by atoms with van der Waals surface area (Å²) in [5, 5.41) is 2.24. The van der Waals surface area contributed by atoms with Gasteiger partial charge >= 0.3 is 0 Å². The lowest BCUT2D eigenvalue weighted by atomic mass is 9.98. The number of furan rings is 1. The Balaban J connectivity index is 1.12. The number of hydrogen-bond donors (Lipinski definition) is 0. The Morgan fingerprint density at radius 3 is 1.38 bits per heavy atom. The summed E-state index contributed by atoms with van der Waals surface area (Å²) in [6.45, 7) is 0. The van der Waals surface area contributed by atoms with Gasteiger partial charge in [0.25, 0.3) is 0 Å². The topological polar surface area (TPSA) is 16.4 Å². The van der Waals surface area contributed by atoms with Gasteiger partial charge in [-0.3, -0.25) is 0 Å². The van der Waals surface area contributed by atoms with Gasteiger partial charge in [0.2, 0.25) is 0 Å². The molecule has 50 heavy (non-hydrogen) atoms. The Hall–Kier alpha value is -6.64. The molecule has 2 nitrogen and oxygen atoms in total. The van der Waals surface area contributed by atoms with Gasteiger partial charge in [-0.05, 0) is 93.0 Å². The molecule has 0 N–H and O–H groups in total. The fourth-order valence-electron chi connectivity index (χ4n) is 6.92. The lowest BCUT2D eigenvalue weighted by molar-refractivity contribution is 0.669. The predicted octanol–water partition coefficient (Wildman–Crippen LogP) is 13.7. The number of nitrogens with zero attached hydrogens (tertiary/aromatic N) is 1. The van der Waals surface area contributed by atoms with Crippen LogP contribution in [-0.4, -0.2) is 0 Å². The molecule has 1 heterocycles. The van der Waals surface area contributed by atoms with Crippen molar-refractivity contribution in [3.8, 4) is 44.5 Å². The molecule has 0 bridgehead atoms. The summed E-state index contributed by atoms with van der Waals surface area (Å²) < 4.78 is 6.36. The van der Waals surface area contributed by atoms with Gasteiger partial charge in [-0.25, -0.2) is 0 Å². The van der Waals surface area contributed by atoms with Crippen LogP contribution in [0.2, 0.25) is 0 Å². The molecular formula is C48H33NO. The summed E-state index contributed by atoms with van der Waals surface area (Å²) in [6, 6.07) is 71.1. The molecule has 0 atom stereocenters. The zero-order valence-electron chi connectivity index (χ0n) is 27.4. The zero-order chi connectivity index (χ0) is 33.3. The van der Waals surface area contributed by atoms with Gasteiger partial charge in [-0.1, -0.05) is 146 Å². The lowest BCUT2D eigenvalue weighted by Gasteiger charge is -2.26. The van der Waals surface area contributed by atoms with Crippen LogP contribution in [-0.2, 0) is 0 Å². The number of benzene rings is 8. The smallest absolute Gasteiger partial charge is 0.137 e. The highest BCUT2D eigenvalue weighted by Crippen LogP contribution is 2.40. The van der Waals surface area contributed by atoms with Crippen molar-refractivity contribution in [1.29, 1.82) is 0 Å². The molecule has 8 aromatic carbocycles. The van der Waals surface area contributed by atoms with E-state index in [9.17, 15) is 0 Å². The molecule has 2 heteroatoms. The lowest BCUT2D eigenvalue weighted by Crippen LogP contribution is -2.10. The van der Waals surface area contributed by atoms with E-state index in [1.54, 1.807) is 0 Å². The van der Waals surface area contributed by atoms with Crippen LogP contribution in [0.5, 0.6) is 0 Å². The van der Waals surface area contributed by atoms with E-state index in [0.717, 1.165) is 44.6 Å². The summed E-state index contributed by atoms with van der Waals surface area (Å²) in [6.07, 6.45) is 0. The van der Waals surface area contributed by atoms with Crippen molar-refractivity contribution >= 4 is 39.0 Å². The summed E-state index contributed by atoms with van der Waals surface area (Å²) >= 11 is 0. The molecule has 0 saturated carbocycles. The standard InChI is InChI=1S/C48H33NO/c1-3-11-34(12-4-1)36-21-23-37(24-22-36)38-25-27-42(28-26-38)49(44-29-30-46-45-19-7-8-20-47(45)50-48(46)33-44)43-18-10-17-41(32-43)40-16-9-15-39(31-40)35-13-5-2-6-14-35/h1-33H. The van der Waals surface area contributed by atoms with Gasteiger partial charge in [0.05, 0.1) is 0 Å². The predicted molar refractivity (Wildman–Crippen MR) is 210 cm³/mol. The number of fused-ring (bicyclic) bond motifs is 3. The van der Waals surface area contributed by atoms with E-state index >= 15 is 0 Å². The highest BCUT2D eigenvalue weighted by molar-refractivity contribution is 6.06. The Bertz CT molecular complexity index is 2570. The maximum atomic E-state index is 6.36. The average molecular weight is 640 g/mol. The molecule has 0 saturated heterocycles. The highest BCUT2D eigenvalue weighted by Gasteiger charge is 2.17. The molecule has 1 aromatic heterocycles. The van der Waals surface area contributed by atoms with Crippen LogP contribution in [0.25, 0.3) is 66.4 Å². The Morgan fingerprint density at radius 1 is 0.260 bits per heavy atom. The molecule has 0 radical (unpaired) electrons. The number of hydrogen-bond acceptors (Lipinski definition) is 2. The van der Waals surface area contributed by atoms with Crippen molar-refractivity contribution in [2.75, 3.05) is 4.90 Å². The van der Waals surface area contributed by atoms with Gasteiger partial charge in [-0.2, -0.15) is 0 Å². The second kappa shape index (κ2) is 12.8. The Labute approximate surface area is 292 Å². The molecule has 0 aliphatic heterocycles. The van der Waals surface area contributed by atoms with Crippen LogP contribution in [0, 0.1) is 0 Å². The van der Waals surface area contributed by atoms with Crippen LogP contribution in [0.15, 0.2) is 205 Å². The summed E-state index contributed by atoms with van der Waals surface area (Å²) in [5.41, 5.74) is 14.5. The van der Waals surface area contributed by atoms with Crippen molar-refractivity contribution in [1.82, 2.24) is 0 Å². The number of anilines is 3. The Kier molecular flexibility index (Phi) is 7.53. The Morgan fingerprint density at radius 2 is 0.700 bits per heavy atom. The third-order valence-corrected chi connectivity index (χ3v) is 9.48. The molecule has 9 rings (SSSR count). The average Bonchev–Trinajstić information content (AvgIpc) is 3.57. The third kappa shape index (κ3) is 5.63. The van der Waals surface area contributed by atoms with E-state index in [0.29, 0.717) is 0 Å². The van der Waals surface area contributed by atoms with Crippen LogP contribution >= 0.6 is 0 Å². The first-order valence-corrected chi connectivity index (χ1v) is 17.0. The molecular weight excluding hydrogens is 607 g/mol. The van der Waals surface area contributed by atoms with Crippen molar-refractivity contribution in [3.05, 3.63) is 200 Å². The number of para-hydroxylation sites is 1. The van der Waals surface area contributed by atoms with Crippen molar-refractivity contribution in [3.63, 3.8) is 0 Å². The van der Waals surface area contributed by atoms with Crippen LogP contribution in [0.1, 0.15) is 0 Å². The van der Waals surface area contributed by atoms with Gasteiger partial charge in [0.15, 0.2) is 0 Å². The minimum Gasteiger partial charge on any atom is -0.456 e. The molecule has 0 aliphatic carbocycles. The molecule has 236 valence electrons. The van der Waals surface area contributed by atoms with E-state index in [2.05, 4.69) is 193 Å². The van der Waals surface area contributed by atoms with E-state index in [1.165, 1.54) is 38.9 Å². The third-order valence-electron chi connectivity index (χ3n) is 9.48. The summed E-state index contributed by atoms with van der Waals surface area (Å²) in [5.74, 6) is 0. The first-order chi connectivity index (χ1) is 24.8. The van der Waals surface area contributed by atoms with E-state index in [4.69, 9.17) is 4.42 Å². The first kappa shape index (κ1) is 29.5. The maximum Gasteiger partial charge on any atom is 0.137 e. The first-order valence-electron chi connectivity index (χ1n) is 17.0. The van der Waals surface area contributed by atoms with Crippen molar-refractivity contribution in [2.24, 2.45) is 0 Å². The molecule has 9 aromatic rings. The van der Waals surface area contributed by atoms with Crippen LogP contribution < -0.4 is 4.90 Å². The van der Waals surface area contributed by atoms with E-state index < -0.39 is 0 Å². The van der Waals surface area contributed by atoms with Crippen LogP contribution in [0.3, 0.4) is 0 Å². The second-order valence-electron chi connectivity index (χ2n) is 12.6. The maximum absolute atomic E-state index is 6.36. The quantitative estimate of drug-likeness (QED) is 0.173. The molecule has 0 amide bonds. The minimum atomic E-state index is 0.871. The van der Waals surface area contributed by atoms with Crippen molar-refractivity contribution < 1.29 is 4.42 Å². The minimum absolute atomic E-state index is 0.871. The van der Waals surface area contributed by atoms with Gasteiger partial charge in [0, 0.05) is 33.9 Å². The van der Waals surface area contributed by atoms with Crippen LogP contribution in [0.4, 0.5) is 17.1 Å². The SMILES string of the molecule is c1ccc(-c2ccc(-c3ccc(N(c4cccc(-c5cccc(-c6ccccc6)c5)c4)c4ccc5c(c4)oc4ccccc45)cc3)cc2)cc1. The number of rotatable bonds is 7. The van der Waals surface area contributed by atoms with Gasteiger partial charge < -0.3 is 9.32 Å². The zero-order valence-corrected chi connectivity index (χ0v) is 27.4. The van der Waals surface area contributed by atoms with E-state index in [-0.39, 0.29) is 0 Å². The summed E-state index contributed by atoms with van der Waals surface area (Å²) in [7, 11) is 0. The van der Waals surface area contributed by atoms with Gasteiger partial charge in [-0.15, -0.1) is 0 Å². The fraction of sp³-hybridized carbons (Fsp3) is 0. The van der Waals surface area contributed by atoms with Gasteiger partial charge in [0.1, 0.15) is 11.2 Å².